The van der Waals surface area contributed by atoms with Crippen LogP contribution in [0.2, 0.25) is 0 Å². The van der Waals surface area contributed by atoms with Crippen LogP contribution in [-0.2, 0) is 17.9 Å². The number of hydrogen-bond donors (Lipinski definition) is 2. The van der Waals surface area contributed by atoms with Crippen LogP contribution < -0.4 is 15.4 Å². The molecule has 0 saturated heterocycles. The Bertz CT molecular complexity index is 1120. The second-order valence-corrected chi connectivity index (χ2v) is 8.79. The van der Waals surface area contributed by atoms with E-state index >= 15 is 0 Å². The van der Waals surface area contributed by atoms with Crippen molar-refractivity contribution in [3.8, 4) is 5.75 Å². The van der Waals surface area contributed by atoms with Gasteiger partial charge in [-0.25, -0.2) is 9.59 Å². The summed E-state index contributed by atoms with van der Waals surface area (Å²) in [6.07, 6.45) is 0. The number of nitrogens with one attached hydrogen (secondary N) is 2. The zero-order chi connectivity index (χ0) is 23.0. The third-order valence-corrected chi connectivity index (χ3v) is 6.68. The highest BCUT2D eigenvalue weighted by Gasteiger charge is 2.26. The number of amides is 2. The summed E-state index contributed by atoms with van der Waals surface area (Å²) >= 11 is 1.71. The van der Waals surface area contributed by atoms with E-state index in [0.29, 0.717) is 31.0 Å². The Morgan fingerprint density at radius 3 is 2.61 bits per heavy atom. The molecule has 170 valence electrons. The average molecular weight is 463 g/mol. The second-order valence-electron chi connectivity index (χ2n) is 7.58. The number of ether oxygens (including phenoxy) is 2. The molecular weight excluding hydrogens is 436 g/mol. The lowest BCUT2D eigenvalue weighted by Gasteiger charge is -2.19. The van der Waals surface area contributed by atoms with Crippen molar-refractivity contribution in [2.24, 2.45) is 0 Å². The normalized spacial score (nSPS) is 14.2. The highest BCUT2D eigenvalue weighted by atomic mass is 32.2. The Labute approximate surface area is 197 Å². The van der Waals surface area contributed by atoms with Gasteiger partial charge in [-0.3, -0.25) is 0 Å². The smallest absolute Gasteiger partial charge is 0.337 e. The summed E-state index contributed by atoms with van der Waals surface area (Å²) in [4.78, 5) is 24.3. The van der Waals surface area contributed by atoms with Crippen LogP contribution >= 0.6 is 11.8 Å². The van der Waals surface area contributed by atoms with Gasteiger partial charge >= 0.3 is 12.0 Å². The standard InChI is InChI=1S/C26H26N2O4S/c1-31-25(29)19-11-12-23-22(15-19)24(21-10-6-5-9-20(21)17-32-23)33-14-13-27-26(30)28-16-18-7-3-2-4-8-18/h2-12,15,24H,13-14,16-17H2,1H3,(H2,27,28,30). The molecule has 0 aliphatic carbocycles. The van der Waals surface area contributed by atoms with Crippen LogP contribution in [0.25, 0.3) is 0 Å². The number of rotatable bonds is 7. The molecule has 0 radical (unpaired) electrons. The minimum Gasteiger partial charge on any atom is -0.489 e. The average Bonchev–Trinajstić information content (AvgIpc) is 3.02. The minimum absolute atomic E-state index is 0.0301. The third kappa shape index (κ3) is 5.68. The number of esters is 1. The molecular formula is C26H26N2O4S. The molecule has 0 saturated carbocycles. The molecule has 2 N–H and O–H groups in total. The quantitative estimate of drug-likeness (QED) is 0.394. The Morgan fingerprint density at radius 2 is 1.79 bits per heavy atom. The Kier molecular flexibility index (Phi) is 7.52. The zero-order valence-corrected chi connectivity index (χ0v) is 19.2. The summed E-state index contributed by atoms with van der Waals surface area (Å²) in [6.45, 7) is 1.46. The number of hydrogen-bond acceptors (Lipinski definition) is 5. The van der Waals surface area contributed by atoms with Gasteiger partial charge < -0.3 is 20.1 Å². The fourth-order valence-electron chi connectivity index (χ4n) is 3.74. The molecule has 7 heteroatoms. The van der Waals surface area contributed by atoms with Crippen molar-refractivity contribution in [3.63, 3.8) is 0 Å². The highest BCUT2D eigenvalue weighted by molar-refractivity contribution is 7.99. The van der Waals surface area contributed by atoms with Gasteiger partial charge in [-0.05, 0) is 34.9 Å². The van der Waals surface area contributed by atoms with E-state index in [4.69, 9.17) is 9.47 Å². The lowest BCUT2D eigenvalue weighted by molar-refractivity contribution is 0.0600. The first-order valence-corrected chi connectivity index (χ1v) is 11.8. The van der Waals surface area contributed by atoms with E-state index in [-0.39, 0.29) is 17.3 Å². The van der Waals surface area contributed by atoms with E-state index in [1.807, 2.05) is 54.6 Å². The molecule has 0 bridgehead atoms. The number of methoxy groups -OCH3 is 1. The monoisotopic (exact) mass is 462 g/mol. The Morgan fingerprint density at radius 1 is 1.00 bits per heavy atom. The molecule has 1 unspecified atom stereocenters. The van der Waals surface area contributed by atoms with Gasteiger partial charge in [-0.1, -0.05) is 54.6 Å². The number of benzene rings is 3. The van der Waals surface area contributed by atoms with Crippen molar-refractivity contribution in [3.05, 3.63) is 101 Å². The maximum absolute atomic E-state index is 12.2. The largest absolute Gasteiger partial charge is 0.489 e. The summed E-state index contributed by atoms with van der Waals surface area (Å²) in [5, 5.41) is 5.76. The fraction of sp³-hybridized carbons (Fsp3) is 0.231. The number of thioether (sulfide) groups is 1. The predicted octanol–water partition coefficient (Wildman–Crippen LogP) is 4.69. The number of fused-ring (bicyclic) bond motifs is 2. The van der Waals surface area contributed by atoms with E-state index in [1.54, 1.807) is 17.8 Å². The molecule has 2 amide bonds. The van der Waals surface area contributed by atoms with Crippen LogP contribution in [0.15, 0.2) is 72.8 Å². The predicted molar refractivity (Wildman–Crippen MR) is 130 cm³/mol. The highest BCUT2D eigenvalue weighted by Crippen LogP contribution is 2.44. The van der Waals surface area contributed by atoms with Crippen LogP contribution in [0.5, 0.6) is 5.75 Å². The second kappa shape index (κ2) is 10.9. The number of carbonyl (C=O) groups is 2. The summed E-state index contributed by atoms with van der Waals surface area (Å²) in [5.74, 6) is 1.07. The van der Waals surface area contributed by atoms with Gasteiger partial charge in [0.15, 0.2) is 0 Å². The first-order chi connectivity index (χ1) is 16.2. The molecule has 0 fully saturated rings. The number of carbonyl (C=O) groups excluding carboxylic acids is 2. The van der Waals surface area contributed by atoms with Crippen LogP contribution in [0.3, 0.4) is 0 Å². The Hall–Kier alpha value is -3.45. The topological polar surface area (TPSA) is 76.7 Å². The summed E-state index contributed by atoms with van der Waals surface area (Å²) < 4.78 is 10.9. The van der Waals surface area contributed by atoms with Crippen LogP contribution in [0.4, 0.5) is 4.79 Å². The van der Waals surface area contributed by atoms with E-state index in [1.165, 1.54) is 7.11 Å². The zero-order valence-electron chi connectivity index (χ0n) is 18.4. The molecule has 1 aliphatic heterocycles. The minimum atomic E-state index is -0.379. The first kappa shape index (κ1) is 22.7. The van der Waals surface area contributed by atoms with Gasteiger partial charge in [-0.15, -0.1) is 11.8 Å². The SMILES string of the molecule is COC(=O)c1ccc2c(c1)C(SCCNC(=O)NCc1ccccc1)c1ccccc1CO2. The maximum Gasteiger partial charge on any atom is 0.337 e. The van der Waals surface area contributed by atoms with Gasteiger partial charge in [0.1, 0.15) is 12.4 Å². The van der Waals surface area contributed by atoms with E-state index in [2.05, 4.69) is 22.8 Å². The van der Waals surface area contributed by atoms with E-state index < -0.39 is 0 Å². The van der Waals surface area contributed by atoms with Crippen molar-refractivity contribution in [1.82, 2.24) is 10.6 Å². The summed E-state index contributed by atoms with van der Waals surface area (Å²) in [6, 6.07) is 23.2. The van der Waals surface area contributed by atoms with Gasteiger partial charge in [0.2, 0.25) is 0 Å². The summed E-state index contributed by atoms with van der Waals surface area (Å²) in [5.41, 5.74) is 4.73. The number of urea groups is 1. The fourth-order valence-corrected chi connectivity index (χ4v) is 4.96. The Balaban J connectivity index is 1.43. The van der Waals surface area contributed by atoms with Gasteiger partial charge in [0, 0.05) is 24.4 Å². The van der Waals surface area contributed by atoms with Crippen molar-refractivity contribution >= 4 is 23.8 Å². The molecule has 3 aromatic rings. The summed E-state index contributed by atoms with van der Waals surface area (Å²) in [7, 11) is 1.38. The van der Waals surface area contributed by atoms with Gasteiger partial charge in [0.05, 0.1) is 17.9 Å². The van der Waals surface area contributed by atoms with Crippen LogP contribution in [-0.4, -0.2) is 31.4 Å². The molecule has 33 heavy (non-hydrogen) atoms. The van der Waals surface area contributed by atoms with Crippen LogP contribution in [0.1, 0.15) is 37.9 Å². The van der Waals surface area contributed by atoms with Gasteiger partial charge in [0.25, 0.3) is 0 Å². The third-order valence-electron chi connectivity index (χ3n) is 5.40. The van der Waals surface area contributed by atoms with E-state index in [0.717, 1.165) is 28.0 Å². The molecule has 1 heterocycles. The van der Waals surface area contributed by atoms with Crippen LogP contribution in [0, 0.1) is 0 Å². The lowest BCUT2D eigenvalue weighted by atomic mass is 9.98. The molecule has 1 aliphatic rings. The lowest BCUT2D eigenvalue weighted by Crippen LogP contribution is -2.36. The van der Waals surface area contributed by atoms with Crippen molar-refractivity contribution in [2.75, 3.05) is 19.4 Å². The molecule has 4 rings (SSSR count). The first-order valence-electron chi connectivity index (χ1n) is 10.8. The maximum atomic E-state index is 12.2. The van der Waals surface area contributed by atoms with Gasteiger partial charge in [-0.2, -0.15) is 0 Å². The molecule has 1 atom stereocenters. The molecule has 6 nitrogen and oxygen atoms in total. The molecule has 0 spiro atoms. The van der Waals surface area contributed by atoms with Crippen molar-refractivity contribution < 1.29 is 19.1 Å². The van der Waals surface area contributed by atoms with E-state index in [9.17, 15) is 9.59 Å². The molecule has 3 aromatic carbocycles. The van der Waals surface area contributed by atoms with Crippen molar-refractivity contribution in [1.29, 1.82) is 0 Å². The molecule has 0 aromatic heterocycles. The van der Waals surface area contributed by atoms with Crippen molar-refractivity contribution in [2.45, 2.75) is 18.4 Å².